The van der Waals surface area contributed by atoms with Crippen molar-refractivity contribution in [2.45, 2.75) is 30.8 Å². The number of nitrogens with zero attached hydrogens (tertiary/aromatic N) is 1. The number of oxime groups is 1. The zero-order valence-corrected chi connectivity index (χ0v) is 15.5. The molecule has 0 saturated carbocycles. The second-order valence-corrected chi connectivity index (χ2v) is 7.08. The average molecular weight is 376 g/mol. The van der Waals surface area contributed by atoms with E-state index in [1.807, 2.05) is 0 Å². The Balaban J connectivity index is 1.68. The summed E-state index contributed by atoms with van der Waals surface area (Å²) >= 11 is 7.71. The Hall–Kier alpha value is -1.78. The van der Waals surface area contributed by atoms with Crippen molar-refractivity contribution in [2.24, 2.45) is 5.16 Å². The number of hydrogen-bond donors (Lipinski definition) is 0. The van der Waals surface area contributed by atoms with Crippen LogP contribution in [-0.4, -0.2) is 12.5 Å². The molecule has 25 heavy (non-hydrogen) atoms. The Bertz CT molecular complexity index is 782. The second-order valence-electron chi connectivity index (χ2n) is 5.79. The van der Waals surface area contributed by atoms with Crippen molar-refractivity contribution in [1.82, 2.24) is 0 Å². The highest BCUT2D eigenvalue weighted by Gasteiger charge is 2.15. The van der Waals surface area contributed by atoms with Crippen LogP contribution >= 0.6 is 23.4 Å². The molecule has 2 aromatic carbocycles. The van der Waals surface area contributed by atoms with Gasteiger partial charge in [-0.05, 0) is 66.5 Å². The summed E-state index contributed by atoms with van der Waals surface area (Å²) in [5.74, 6) is -0.377. The first-order chi connectivity index (χ1) is 12.2. The van der Waals surface area contributed by atoms with Gasteiger partial charge in [-0.3, -0.25) is 0 Å². The number of rotatable bonds is 6. The largest absolute Gasteiger partial charge is 0.391 e. The van der Waals surface area contributed by atoms with Gasteiger partial charge in [0.25, 0.3) is 0 Å². The molecule has 0 N–H and O–H groups in total. The summed E-state index contributed by atoms with van der Waals surface area (Å²) in [5.41, 5.74) is 4.05. The maximum absolute atomic E-state index is 13.7. The Morgan fingerprint density at radius 2 is 2.00 bits per heavy atom. The van der Waals surface area contributed by atoms with Gasteiger partial charge in [-0.1, -0.05) is 35.0 Å². The van der Waals surface area contributed by atoms with Gasteiger partial charge in [-0.2, -0.15) is 0 Å². The van der Waals surface area contributed by atoms with Crippen molar-refractivity contribution < 1.29 is 9.23 Å². The predicted molar refractivity (Wildman–Crippen MR) is 104 cm³/mol. The quantitative estimate of drug-likeness (QED) is 0.333. The Labute approximate surface area is 156 Å². The summed E-state index contributed by atoms with van der Waals surface area (Å²) in [5, 5.41) is 4.38. The van der Waals surface area contributed by atoms with Crippen LogP contribution in [0.2, 0.25) is 5.02 Å². The first-order valence-corrected chi connectivity index (χ1v) is 9.74. The molecule has 1 aliphatic rings. The molecule has 1 aliphatic carbocycles. The molecule has 3 rings (SSSR count). The van der Waals surface area contributed by atoms with Gasteiger partial charge in [0.05, 0.1) is 11.2 Å². The summed E-state index contributed by atoms with van der Waals surface area (Å²) < 4.78 is 13.7. The van der Waals surface area contributed by atoms with E-state index in [4.69, 9.17) is 16.4 Å². The minimum absolute atomic E-state index is 0.0209. The molecule has 0 amide bonds. The molecular weight excluding hydrogens is 357 g/mol. The monoisotopic (exact) mass is 375 g/mol. The fraction of sp³-hybridized carbons (Fsp3) is 0.250. The molecular formula is C20H19ClFNOS. The molecule has 0 unspecified atom stereocenters. The Morgan fingerprint density at radius 3 is 2.72 bits per heavy atom. The van der Waals surface area contributed by atoms with E-state index in [1.165, 1.54) is 27.7 Å². The standard InChI is InChI=1S/C20H19ClFNOS/c1-25-16-10-8-14(9-11-16)17-5-2-4-15(17)12-23-24-13-18-19(21)6-3-7-20(18)22/h3,6-12H,2,4-5,13H2,1H3/b23-12+. The van der Waals surface area contributed by atoms with Gasteiger partial charge in [0, 0.05) is 10.5 Å². The third-order valence-corrected chi connectivity index (χ3v) is 5.35. The molecule has 0 bridgehead atoms. The molecule has 2 aromatic rings. The molecule has 0 fully saturated rings. The smallest absolute Gasteiger partial charge is 0.146 e. The van der Waals surface area contributed by atoms with Gasteiger partial charge >= 0.3 is 0 Å². The van der Waals surface area contributed by atoms with Crippen molar-refractivity contribution in [3.63, 3.8) is 0 Å². The lowest BCUT2D eigenvalue weighted by atomic mass is 10.0. The minimum Gasteiger partial charge on any atom is -0.391 e. The highest BCUT2D eigenvalue weighted by molar-refractivity contribution is 7.98. The van der Waals surface area contributed by atoms with Crippen molar-refractivity contribution in [3.8, 4) is 0 Å². The summed E-state index contributed by atoms with van der Waals surface area (Å²) in [4.78, 5) is 6.52. The topological polar surface area (TPSA) is 21.6 Å². The molecule has 0 spiro atoms. The molecule has 0 aliphatic heterocycles. The molecule has 130 valence electrons. The molecule has 0 atom stereocenters. The number of halogens is 2. The van der Waals surface area contributed by atoms with Crippen LogP contribution in [0.1, 0.15) is 30.4 Å². The van der Waals surface area contributed by atoms with Gasteiger partial charge in [-0.15, -0.1) is 11.8 Å². The number of hydrogen-bond acceptors (Lipinski definition) is 3. The molecule has 5 heteroatoms. The molecule has 0 heterocycles. The van der Waals surface area contributed by atoms with E-state index in [0.717, 1.165) is 19.3 Å². The van der Waals surface area contributed by atoms with Gasteiger partial charge in [0.1, 0.15) is 12.4 Å². The first kappa shape index (κ1) is 18.0. The summed E-state index contributed by atoms with van der Waals surface area (Å²) in [6, 6.07) is 13.2. The lowest BCUT2D eigenvalue weighted by Crippen LogP contribution is -1.94. The van der Waals surface area contributed by atoms with Crippen LogP contribution in [0.25, 0.3) is 5.57 Å². The second kappa shape index (κ2) is 8.54. The van der Waals surface area contributed by atoms with Crippen molar-refractivity contribution >= 4 is 35.2 Å². The fourth-order valence-electron chi connectivity index (χ4n) is 2.90. The maximum Gasteiger partial charge on any atom is 0.146 e. The number of benzene rings is 2. The van der Waals surface area contributed by atoms with E-state index < -0.39 is 0 Å². The van der Waals surface area contributed by atoms with Gasteiger partial charge in [0.15, 0.2) is 0 Å². The average Bonchev–Trinajstić information content (AvgIpc) is 3.09. The maximum atomic E-state index is 13.7. The van der Waals surface area contributed by atoms with E-state index in [9.17, 15) is 4.39 Å². The molecule has 0 radical (unpaired) electrons. The first-order valence-electron chi connectivity index (χ1n) is 8.13. The third kappa shape index (κ3) is 4.44. The van der Waals surface area contributed by atoms with Crippen molar-refractivity contribution in [3.05, 3.63) is 70.0 Å². The molecule has 0 saturated heterocycles. The normalized spacial score (nSPS) is 14.5. The van der Waals surface area contributed by atoms with Crippen LogP contribution in [0.4, 0.5) is 4.39 Å². The van der Waals surface area contributed by atoms with E-state index in [-0.39, 0.29) is 12.4 Å². The fourth-order valence-corrected chi connectivity index (χ4v) is 3.53. The third-order valence-electron chi connectivity index (χ3n) is 4.25. The van der Waals surface area contributed by atoms with Crippen LogP contribution < -0.4 is 0 Å². The summed E-state index contributed by atoms with van der Waals surface area (Å²) in [6.45, 7) is 0.0209. The van der Waals surface area contributed by atoms with Crippen molar-refractivity contribution in [1.29, 1.82) is 0 Å². The number of allylic oxidation sites excluding steroid dienone is 2. The van der Waals surface area contributed by atoms with Gasteiger partial charge in [-0.25, -0.2) is 4.39 Å². The lowest BCUT2D eigenvalue weighted by Gasteiger charge is -2.06. The van der Waals surface area contributed by atoms with Crippen LogP contribution in [0.5, 0.6) is 0 Å². The highest BCUT2D eigenvalue weighted by atomic mass is 35.5. The minimum atomic E-state index is -0.377. The van der Waals surface area contributed by atoms with E-state index >= 15 is 0 Å². The zero-order chi connectivity index (χ0) is 17.6. The number of thioether (sulfide) groups is 1. The van der Waals surface area contributed by atoms with Crippen LogP contribution in [0.15, 0.2) is 58.1 Å². The highest BCUT2D eigenvalue weighted by Crippen LogP contribution is 2.33. The lowest BCUT2D eigenvalue weighted by molar-refractivity contribution is 0.129. The predicted octanol–water partition coefficient (Wildman–Crippen LogP) is 6.34. The van der Waals surface area contributed by atoms with E-state index in [1.54, 1.807) is 30.1 Å². The van der Waals surface area contributed by atoms with Crippen LogP contribution in [0, 0.1) is 5.82 Å². The zero-order valence-electron chi connectivity index (χ0n) is 14.0. The Morgan fingerprint density at radius 1 is 1.20 bits per heavy atom. The Kier molecular flexibility index (Phi) is 6.16. The van der Waals surface area contributed by atoms with Gasteiger partial charge in [0.2, 0.25) is 0 Å². The van der Waals surface area contributed by atoms with Gasteiger partial charge < -0.3 is 4.84 Å². The van der Waals surface area contributed by atoms with Crippen molar-refractivity contribution in [2.75, 3.05) is 6.26 Å². The summed E-state index contributed by atoms with van der Waals surface area (Å²) in [6.07, 6.45) is 6.95. The SMILES string of the molecule is CSc1ccc(C2=C(/C=N/OCc3c(F)cccc3Cl)CCC2)cc1. The van der Waals surface area contributed by atoms with Crippen LogP contribution in [-0.2, 0) is 11.4 Å². The van der Waals surface area contributed by atoms with E-state index in [2.05, 4.69) is 35.7 Å². The summed E-state index contributed by atoms with van der Waals surface area (Å²) in [7, 11) is 0. The van der Waals surface area contributed by atoms with E-state index in [0.29, 0.717) is 10.6 Å². The van der Waals surface area contributed by atoms with Crippen LogP contribution in [0.3, 0.4) is 0 Å². The molecule has 0 aromatic heterocycles. The molecule has 2 nitrogen and oxygen atoms in total.